The van der Waals surface area contributed by atoms with Gasteiger partial charge in [0.25, 0.3) is 0 Å². The van der Waals surface area contributed by atoms with Crippen LogP contribution in [0.15, 0.2) is 12.1 Å². The number of hydrogen-bond acceptors (Lipinski definition) is 4. The predicted molar refractivity (Wildman–Crippen MR) is 82.2 cm³/mol. The maximum atomic E-state index is 11.5. The molecule has 1 saturated heterocycles. The highest BCUT2D eigenvalue weighted by molar-refractivity contribution is 6.42. The lowest BCUT2D eigenvalue weighted by Crippen LogP contribution is -2.30. The van der Waals surface area contributed by atoms with Gasteiger partial charge in [0.05, 0.1) is 22.0 Å². The van der Waals surface area contributed by atoms with Gasteiger partial charge in [0.15, 0.2) is 6.79 Å². The molecule has 0 bridgehead atoms. The molecule has 0 saturated carbocycles. The topological polar surface area (TPSA) is 96.3 Å². The maximum Gasteiger partial charge on any atom is 0.407 e. The zero-order chi connectivity index (χ0) is 17.1. The molecule has 1 aromatic carbocycles. The summed E-state index contributed by atoms with van der Waals surface area (Å²) in [6, 6.07) is 2.32. The molecule has 0 aliphatic carbocycles. The quantitative estimate of drug-likeness (QED) is 0.780. The van der Waals surface area contributed by atoms with Crippen molar-refractivity contribution >= 4 is 35.3 Å². The molecule has 0 radical (unpaired) electrons. The Hall–Kier alpha value is -1.70. The number of hydrogen-bond donors (Lipinski definition) is 2. The lowest BCUT2D eigenvalue weighted by Gasteiger charge is -2.25. The summed E-state index contributed by atoms with van der Waals surface area (Å²) in [4.78, 5) is 23.7. The van der Waals surface area contributed by atoms with Crippen LogP contribution in [0.25, 0.3) is 0 Å². The Kier molecular flexibility index (Phi) is 5.56. The number of methoxy groups -OCH3 is 1. The number of nitrogens with zero attached hydrogens (tertiary/aromatic N) is 1. The lowest BCUT2D eigenvalue weighted by atomic mass is 9.99. The number of carbonyl (C=O) groups is 2. The van der Waals surface area contributed by atoms with Crippen LogP contribution in [0.3, 0.4) is 0 Å². The first-order valence-electron chi connectivity index (χ1n) is 6.68. The number of carboxylic acids is 1. The molecule has 7 nitrogen and oxygen atoms in total. The van der Waals surface area contributed by atoms with E-state index < -0.39 is 24.0 Å². The van der Waals surface area contributed by atoms with Gasteiger partial charge in [0.2, 0.25) is 0 Å². The van der Waals surface area contributed by atoms with Crippen molar-refractivity contribution in [2.24, 2.45) is 5.92 Å². The SMILES string of the molecule is COCOc1ccc(Cl)c(Cl)c1C1CC(C(=O)O)CN1C(=O)O. The smallest absolute Gasteiger partial charge is 0.407 e. The number of aliphatic carboxylic acids is 1. The molecule has 1 heterocycles. The van der Waals surface area contributed by atoms with E-state index in [1.54, 1.807) is 6.07 Å². The molecular weight excluding hydrogens is 349 g/mol. The highest BCUT2D eigenvalue weighted by Gasteiger charge is 2.42. The Bertz CT molecular complexity index is 624. The predicted octanol–water partition coefficient (Wildman–Crippen LogP) is 3.10. The van der Waals surface area contributed by atoms with E-state index in [0.29, 0.717) is 11.3 Å². The third-order valence-corrected chi connectivity index (χ3v) is 4.47. The molecule has 126 valence electrons. The molecule has 2 rings (SSSR count). The monoisotopic (exact) mass is 363 g/mol. The fourth-order valence-corrected chi connectivity index (χ4v) is 3.05. The molecule has 0 spiro atoms. The summed E-state index contributed by atoms with van der Waals surface area (Å²) in [6.07, 6.45) is -1.14. The molecule has 0 aromatic heterocycles. The Labute approximate surface area is 142 Å². The fourth-order valence-electron chi connectivity index (χ4n) is 2.61. The highest BCUT2D eigenvalue weighted by Crippen LogP contribution is 2.45. The molecule has 1 amide bonds. The molecule has 9 heteroatoms. The van der Waals surface area contributed by atoms with Crippen molar-refractivity contribution in [1.29, 1.82) is 0 Å². The van der Waals surface area contributed by atoms with Crippen molar-refractivity contribution in [2.75, 3.05) is 20.4 Å². The van der Waals surface area contributed by atoms with Gasteiger partial charge >= 0.3 is 12.1 Å². The summed E-state index contributed by atoms with van der Waals surface area (Å²) in [5.74, 6) is -1.57. The lowest BCUT2D eigenvalue weighted by molar-refractivity contribution is -0.141. The van der Waals surface area contributed by atoms with Gasteiger partial charge in [-0.05, 0) is 18.6 Å². The van der Waals surface area contributed by atoms with Gasteiger partial charge in [-0.2, -0.15) is 0 Å². The largest absolute Gasteiger partial charge is 0.481 e. The molecule has 1 aliphatic heterocycles. The van der Waals surface area contributed by atoms with E-state index in [9.17, 15) is 19.8 Å². The van der Waals surface area contributed by atoms with Crippen molar-refractivity contribution in [3.63, 3.8) is 0 Å². The molecule has 2 unspecified atom stereocenters. The molecule has 2 N–H and O–H groups in total. The van der Waals surface area contributed by atoms with Crippen LogP contribution in [0.2, 0.25) is 10.0 Å². The summed E-state index contributed by atoms with van der Waals surface area (Å²) in [6.45, 7) is -0.186. The zero-order valence-corrected chi connectivity index (χ0v) is 13.7. The van der Waals surface area contributed by atoms with E-state index in [1.165, 1.54) is 13.2 Å². The van der Waals surface area contributed by atoms with Crippen molar-refractivity contribution < 1.29 is 29.3 Å². The first kappa shape index (κ1) is 17.7. The number of rotatable bonds is 5. The fraction of sp³-hybridized carbons (Fsp3) is 0.429. The number of ether oxygens (including phenoxy) is 2. The van der Waals surface area contributed by atoms with Crippen molar-refractivity contribution in [3.05, 3.63) is 27.7 Å². The van der Waals surface area contributed by atoms with Gasteiger partial charge in [-0.1, -0.05) is 23.2 Å². The normalized spacial score (nSPS) is 20.6. The van der Waals surface area contributed by atoms with E-state index in [4.69, 9.17) is 32.7 Å². The standard InChI is InChI=1S/C14H15Cl2NO6/c1-22-6-23-10-3-2-8(15)12(16)11(10)9-4-7(13(18)19)5-17(9)14(20)21/h2-3,7,9H,4-6H2,1H3,(H,18,19)(H,20,21). The van der Waals surface area contributed by atoms with E-state index in [1.807, 2.05) is 0 Å². The van der Waals surface area contributed by atoms with Crippen molar-refractivity contribution in [2.45, 2.75) is 12.5 Å². The van der Waals surface area contributed by atoms with Crippen LogP contribution in [-0.4, -0.2) is 47.6 Å². The third kappa shape index (κ3) is 3.63. The zero-order valence-electron chi connectivity index (χ0n) is 12.2. The maximum absolute atomic E-state index is 11.5. The minimum Gasteiger partial charge on any atom is -0.481 e. The molecule has 1 fully saturated rings. The Balaban J connectivity index is 2.47. The Morgan fingerprint density at radius 1 is 1.35 bits per heavy atom. The molecule has 2 atom stereocenters. The van der Waals surface area contributed by atoms with Gasteiger partial charge in [-0.25, -0.2) is 4.79 Å². The van der Waals surface area contributed by atoms with Crippen molar-refractivity contribution in [1.82, 2.24) is 4.90 Å². The summed E-state index contributed by atoms with van der Waals surface area (Å²) < 4.78 is 10.3. The van der Waals surface area contributed by atoms with Crippen molar-refractivity contribution in [3.8, 4) is 5.75 Å². The van der Waals surface area contributed by atoms with Crippen LogP contribution in [0.4, 0.5) is 4.79 Å². The van der Waals surface area contributed by atoms with E-state index in [-0.39, 0.29) is 29.8 Å². The number of carboxylic acid groups (broad SMARTS) is 2. The van der Waals surface area contributed by atoms with E-state index >= 15 is 0 Å². The molecule has 23 heavy (non-hydrogen) atoms. The van der Waals surface area contributed by atoms with Gasteiger partial charge in [-0.3, -0.25) is 4.79 Å². The molecular formula is C14H15Cl2NO6. The van der Waals surface area contributed by atoms with E-state index in [0.717, 1.165) is 4.90 Å². The molecule has 1 aromatic rings. The first-order valence-corrected chi connectivity index (χ1v) is 7.44. The highest BCUT2D eigenvalue weighted by atomic mass is 35.5. The van der Waals surface area contributed by atoms with Gasteiger partial charge in [0, 0.05) is 19.2 Å². The second-order valence-electron chi connectivity index (χ2n) is 5.05. The number of halogens is 2. The second-order valence-corrected chi connectivity index (χ2v) is 5.83. The van der Waals surface area contributed by atoms with E-state index in [2.05, 4.69) is 0 Å². The van der Waals surface area contributed by atoms with Crippen LogP contribution in [0.5, 0.6) is 5.75 Å². The van der Waals surface area contributed by atoms with Crippen LogP contribution < -0.4 is 4.74 Å². The minimum atomic E-state index is -1.23. The van der Waals surface area contributed by atoms with Gasteiger partial charge < -0.3 is 24.6 Å². The summed E-state index contributed by atoms with van der Waals surface area (Å²) in [7, 11) is 1.44. The Morgan fingerprint density at radius 3 is 2.61 bits per heavy atom. The van der Waals surface area contributed by atoms with Gasteiger partial charge in [-0.15, -0.1) is 0 Å². The van der Waals surface area contributed by atoms with Crippen LogP contribution in [-0.2, 0) is 9.53 Å². The summed E-state index contributed by atoms with van der Waals surface area (Å²) >= 11 is 12.3. The number of likely N-dealkylation sites (tertiary alicyclic amines) is 1. The third-order valence-electron chi connectivity index (χ3n) is 3.65. The van der Waals surface area contributed by atoms with Crippen LogP contribution in [0, 0.1) is 5.92 Å². The van der Waals surface area contributed by atoms with Crippen LogP contribution >= 0.6 is 23.2 Å². The second kappa shape index (κ2) is 7.25. The Morgan fingerprint density at radius 2 is 2.04 bits per heavy atom. The average Bonchev–Trinajstić information content (AvgIpc) is 2.93. The minimum absolute atomic E-state index is 0.0624. The summed E-state index contributed by atoms with van der Waals surface area (Å²) in [5.41, 5.74) is 0.349. The summed E-state index contributed by atoms with van der Waals surface area (Å²) in [5, 5.41) is 18.9. The first-order chi connectivity index (χ1) is 10.9. The molecule has 1 aliphatic rings. The average molecular weight is 364 g/mol. The number of amides is 1. The number of benzene rings is 1. The van der Waals surface area contributed by atoms with Crippen LogP contribution in [0.1, 0.15) is 18.0 Å². The van der Waals surface area contributed by atoms with Gasteiger partial charge in [0.1, 0.15) is 5.75 Å².